The predicted octanol–water partition coefficient (Wildman–Crippen LogP) is 2.69. The predicted molar refractivity (Wildman–Crippen MR) is 77.9 cm³/mol. The highest BCUT2D eigenvalue weighted by molar-refractivity contribution is 5.20. The van der Waals surface area contributed by atoms with Gasteiger partial charge in [-0.3, -0.25) is 4.90 Å². The SMILES string of the molecule is CCCCN(CCCC)C(C)Oc1ccnc(N)n1. The quantitative estimate of drug-likeness (QED) is 0.696. The Morgan fingerprint density at radius 2 is 1.89 bits per heavy atom. The number of hydrogen-bond acceptors (Lipinski definition) is 5. The van der Waals surface area contributed by atoms with Gasteiger partial charge in [-0.05, 0) is 19.8 Å². The first-order valence-corrected chi connectivity index (χ1v) is 7.16. The van der Waals surface area contributed by atoms with E-state index in [2.05, 4.69) is 35.6 Å². The Morgan fingerprint density at radius 3 is 2.42 bits per heavy atom. The number of nitrogens with two attached hydrogens (primary N) is 1. The van der Waals surface area contributed by atoms with Crippen LogP contribution in [-0.4, -0.2) is 34.2 Å². The van der Waals surface area contributed by atoms with Crippen molar-refractivity contribution < 1.29 is 4.74 Å². The van der Waals surface area contributed by atoms with Gasteiger partial charge in [-0.25, -0.2) is 4.98 Å². The van der Waals surface area contributed by atoms with Crippen molar-refractivity contribution in [1.29, 1.82) is 0 Å². The van der Waals surface area contributed by atoms with E-state index in [1.807, 2.05) is 0 Å². The maximum Gasteiger partial charge on any atom is 0.223 e. The maximum atomic E-state index is 5.85. The summed E-state index contributed by atoms with van der Waals surface area (Å²) < 4.78 is 5.85. The van der Waals surface area contributed by atoms with E-state index in [0.717, 1.165) is 13.1 Å². The summed E-state index contributed by atoms with van der Waals surface area (Å²) in [5.74, 6) is 0.788. The van der Waals surface area contributed by atoms with Crippen molar-refractivity contribution in [3.8, 4) is 5.88 Å². The number of aromatic nitrogens is 2. The Hall–Kier alpha value is -1.36. The fourth-order valence-corrected chi connectivity index (χ4v) is 1.87. The molecule has 1 aromatic heterocycles. The summed E-state index contributed by atoms with van der Waals surface area (Å²) in [6.45, 7) is 8.57. The van der Waals surface area contributed by atoms with Crippen LogP contribution in [0.5, 0.6) is 5.88 Å². The summed E-state index contributed by atoms with van der Waals surface area (Å²) in [6, 6.07) is 1.74. The fraction of sp³-hybridized carbons (Fsp3) is 0.714. The molecule has 1 rings (SSSR count). The molecule has 0 saturated heterocycles. The molecule has 0 radical (unpaired) electrons. The highest BCUT2D eigenvalue weighted by Crippen LogP contribution is 2.12. The first kappa shape index (κ1) is 15.7. The third kappa shape index (κ3) is 5.87. The molecule has 0 amide bonds. The molecule has 1 aromatic rings. The number of nitrogen functional groups attached to an aromatic ring is 1. The van der Waals surface area contributed by atoms with Crippen molar-refractivity contribution in [1.82, 2.24) is 14.9 Å². The molecule has 0 spiro atoms. The standard InChI is InChI=1S/C14H26N4O/c1-4-6-10-18(11-7-5-2)12(3)19-13-8-9-16-14(15)17-13/h8-9,12H,4-7,10-11H2,1-3H3,(H2,15,16,17). The number of ether oxygens (including phenoxy) is 1. The van der Waals surface area contributed by atoms with Crippen LogP contribution in [0.15, 0.2) is 12.3 Å². The van der Waals surface area contributed by atoms with Crippen LogP contribution in [-0.2, 0) is 0 Å². The van der Waals surface area contributed by atoms with Crippen LogP contribution in [0.4, 0.5) is 5.95 Å². The van der Waals surface area contributed by atoms with E-state index in [1.54, 1.807) is 12.3 Å². The van der Waals surface area contributed by atoms with Crippen LogP contribution in [0.2, 0.25) is 0 Å². The highest BCUT2D eigenvalue weighted by atomic mass is 16.5. The lowest BCUT2D eigenvalue weighted by Crippen LogP contribution is -2.38. The fourth-order valence-electron chi connectivity index (χ4n) is 1.87. The van der Waals surface area contributed by atoms with Crippen LogP contribution in [0, 0.1) is 0 Å². The van der Waals surface area contributed by atoms with E-state index in [4.69, 9.17) is 10.5 Å². The Morgan fingerprint density at radius 1 is 1.26 bits per heavy atom. The van der Waals surface area contributed by atoms with Crippen LogP contribution in [0.25, 0.3) is 0 Å². The lowest BCUT2D eigenvalue weighted by atomic mass is 10.2. The second-order valence-corrected chi connectivity index (χ2v) is 4.71. The van der Waals surface area contributed by atoms with Crippen molar-refractivity contribution in [2.24, 2.45) is 0 Å². The Bertz CT molecular complexity index is 351. The molecule has 19 heavy (non-hydrogen) atoms. The van der Waals surface area contributed by atoms with Crippen molar-refractivity contribution >= 4 is 5.95 Å². The molecule has 0 aromatic carbocycles. The molecule has 0 aliphatic heterocycles. The molecule has 1 unspecified atom stereocenters. The number of unbranched alkanes of at least 4 members (excludes halogenated alkanes) is 2. The van der Waals surface area contributed by atoms with Gasteiger partial charge in [0.05, 0.1) is 0 Å². The summed E-state index contributed by atoms with van der Waals surface area (Å²) in [4.78, 5) is 10.3. The maximum absolute atomic E-state index is 5.85. The molecule has 1 heterocycles. The molecular formula is C14H26N4O. The largest absolute Gasteiger partial charge is 0.458 e. The van der Waals surface area contributed by atoms with Gasteiger partial charge >= 0.3 is 0 Å². The van der Waals surface area contributed by atoms with Gasteiger partial charge in [0.25, 0.3) is 0 Å². The lowest BCUT2D eigenvalue weighted by Gasteiger charge is -2.28. The Kier molecular flexibility index (Phi) is 7.18. The van der Waals surface area contributed by atoms with Gasteiger partial charge in [0.2, 0.25) is 11.8 Å². The average molecular weight is 266 g/mol. The minimum absolute atomic E-state index is 0.00685. The van der Waals surface area contributed by atoms with Crippen molar-refractivity contribution in [3.05, 3.63) is 12.3 Å². The monoisotopic (exact) mass is 266 g/mol. The molecule has 1 atom stereocenters. The molecule has 0 aliphatic rings. The summed E-state index contributed by atoms with van der Waals surface area (Å²) in [5.41, 5.74) is 5.56. The van der Waals surface area contributed by atoms with E-state index >= 15 is 0 Å². The molecular weight excluding hydrogens is 240 g/mol. The van der Waals surface area contributed by atoms with E-state index in [1.165, 1.54) is 25.7 Å². The zero-order valence-electron chi connectivity index (χ0n) is 12.3. The van der Waals surface area contributed by atoms with Crippen LogP contribution in [0.1, 0.15) is 46.5 Å². The molecule has 5 nitrogen and oxygen atoms in total. The van der Waals surface area contributed by atoms with Crippen molar-refractivity contribution in [3.63, 3.8) is 0 Å². The lowest BCUT2D eigenvalue weighted by molar-refractivity contribution is 0.0341. The summed E-state index contributed by atoms with van der Waals surface area (Å²) >= 11 is 0. The molecule has 0 bridgehead atoms. The Labute approximate surface area is 116 Å². The van der Waals surface area contributed by atoms with Gasteiger partial charge in [-0.2, -0.15) is 4.98 Å². The number of rotatable bonds is 9. The molecule has 2 N–H and O–H groups in total. The Balaban J connectivity index is 2.56. The summed E-state index contributed by atoms with van der Waals surface area (Å²) in [7, 11) is 0. The minimum atomic E-state index is 0.00685. The summed E-state index contributed by atoms with van der Waals surface area (Å²) in [5, 5.41) is 0. The topological polar surface area (TPSA) is 64.3 Å². The normalized spacial score (nSPS) is 12.6. The van der Waals surface area contributed by atoms with Crippen LogP contribution >= 0.6 is 0 Å². The molecule has 108 valence electrons. The third-order valence-corrected chi connectivity index (χ3v) is 3.05. The molecule has 5 heteroatoms. The second kappa shape index (κ2) is 8.69. The smallest absolute Gasteiger partial charge is 0.223 e. The van der Waals surface area contributed by atoms with Gasteiger partial charge in [-0.1, -0.05) is 26.7 Å². The zero-order chi connectivity index (χ0) is 14.1. The van der Waals surface area contributed by atoms with Crippen molar-refractivity contribution in [2.75, 3.05) is 18.8 Å². The molecule has 0 aliphatic carbocycles. The van der Waals surface area contributed by atoms with Gasteiger partial charge < -0.3 is 10.5 Å². The van der Waals surface area contributed by atoms with Gasteiger partial charge in [-0.15, -0.1) is 0 Å². The van der Waals surface area contributed by atoms with Gasteiger partial charge in [0.1, 0.15) is 0 Å². The van der Waals surface area contributed by atoms with E-state index in [0.29, 0.717) is 5.88 Å². The third-order valence-electron chi connectivity index (χ3n) is 3.05. The molecule has 0 saturated carbocycles. The number of nitrogens with zero attached hydrogens (tertiary/aromatic N) is 3. The first-order valence-electron chi connectivity index (χ1n) is 7.16. The van der Waals surface area contributed by atoms with Crippen molar-refractivity contribution in [2.45, 2.75) is 52.7 Å². The second-order valence-electron chi connectivity index (χ2n) is 4.71. The van der Waals surface area contributed by atoms with E-state index in [9.17, 15) is 0 Å². The van der Waals surface area contributed by atoms with Crippen LogP contribution in [0.3, 0.4) is 0 Å². The molecule has 0 fully saturated rings. The zero-order valence-corrected chi connectivity index (χ0v) is 12.3. The number of hydrogen-bond donors (Lipinski definition) is 1. The van der Waals surface area contributed by atoms with Gasteiger partial charge in [0.15, 0.2) is 6.23 Å². The van der Waals surface area contributed by atoms with Gasteiger partial charge in [0, 0.05) is 25.4 Å². The minimum Gasteiger partial charge on any atom is -0.458 e. The van der Waals surface area contributed by atoms with E-state index in [-0.39, 0.29) is 12.2 Å². The van der Waals surface area contributed by atoms with E-state index < -0.39 is 0 Å². The first-order chi connectivity index (χ1) is 9.17. The van der Waals surface area contributed by atoms with Crippen LogP contribution < -0.4 is 10.5 Å². The summed E-state index contributed by atoms with van der Waals surface area (Å²) in [6.07, 6.45) is 6.37. The highest BCUT2D eigenvalue weighted by Gasteiger charge is 2.14. The average Bonchev–Trinajstić information content (AvgIpc) is 2.38. The number of anilines is 1.